The van der Waals surface area contributed by atoms with Gasteiger partial charge in [-0.3, -0.25) is 10.1 Å². The minimum absolute atomic E-state index is 0. The summed E-state index contributed by atoms with van der Waals surface area (Å²) in [5.41, 5.74) is 1.05. The minimum atomic E-state index is -0.393. The van der Waals surface area contributed by atoms with E-state index in [1.54, 1.807) is 12.1 Å². The first-order valence-corrected chi connectivity index (χ1v) is 8.10. The second-order valence-electron chi connectivity index (χ2n) is 6.02. The van der Waals surface area contributed by atoms with Crippen LogP contribution in [-0.4, -0.2) is 36.2 Å². The van der Waals surface area contributed by atoms with E-state index in [0.717, 1.165) is 37.5 Å². The van der Waals surface area contributed by atoms with Gasteiger partial charge in [-0.25, -0.2) is 4.99 Å². The first-order valence-electron chi connectivity index (χ1n) is 8.10. The number of nitro groups is 1. The van der Waals surface area contributed by atoms with Crippen molar-refractivity contribution in [1.82, 2.24) is 10.6 Å². The third kappa shape index (κ3) is 5.90. The van der Waals surface area contributed by atoms with Crippen LogP contribution >= 0.6 is 24.0 Å². The number of guanidine groups is 1. The van der Waals surface area contributed by atoms with Crippen molar-refractivity contribution in [3.8, 4) is 0 Å². The van der Waals surface area contributed by atoms with Gasteiger partial charge in [0.2, 0.25) is 0 Å². The molecule has 1 aromatic rings. The maximum absolute atomic E-state index is 10.7. The van der Waals surface area contributed by atoms with Gasteiger partial charge in [0.1, 0.15) is 0 Å². The molecule has 0 aromatic heterocycles. The van der Waals surface area contributed by atoms with Gasteiger partial charge < -0.3 is 15.4 Å². The van der Waals surface area contributed by atoms with E-state index in [2.05, 4.69) is 15.6 Å². The van der Waals surface area contributed by atoms with Crippen LogP contribution in [0.15, 0.2) is 29.3 Å². The number of non-ortho nitro benzene ring substituents is 1. The molecule has 1 aromatic carbocycles. The molecule has 1 saturated heterocycles. The molecule has 0 amide bonds. The van der Waals surface area contributed by atoms with Crippen molar-refractivity contribution < 1.29 is 9.66 Å². The average Bonchev–Trinajstić information content (AvgIpc) is 3.22. The van der Waals surface area contributed by atoms with Crippen LogP contribution in [-0.2, 0) is 11.3 Å². The van der Waals surface area contributed by atoms with Crippen LogP contribution < -0.4 is 10.6 Å². The van der Waals surface area contributed by atoms with Crippen LogP contribution in [0.1, 0.15) is 31.2 Å². The maximum Gasteiger partial charge on any atom is 0.269 e. The number of nitro benzene ring substituents is 1. The molecule has 0 spiro atoms. The smallest absolute Gasteiger partial charge is 0.269 e. The summed E-state index contributed by atoms with van der Waals surface area (Å²) in [7, 11) is 0. The molecule has 1 unspecified atom stereocenters. The molecule has 2 N–H and O–H groups in total. The Balaban J connectivity index is 0.00000208. The van der Waals surface area contributed by atoms with Crippen LogP contribution in [0, 0.1) is 10.1 Å². The van der Waals surface area contributed by atoms with Crippen molar-refractivity contribution >= 4 is 35.6 Å². The quantitative estimate of drug-likeness (QED) is 0.231. The molecule has 7 nitrogen and oxygen atoms in total. The first-order chi connectivity index (χ1) is 11.2. The summed E-state index contributed by atoms with van der Waals surface area (Å²) in [5.74, 6) is 0.793. The number of hydrogen-bond donors (Lipinski definition) is 2. The molecule has 1 saturated carbocycles. The van der Waals surface area contributed by atoms with Gasteiger partial charge in [-0.1, -0.05) is 12.1 Å². The molecule has 8 heteroatoms. The van der Waals surface area contributed by atoms with Crippen LogP contribution in [0.25, 0.3) is 0 Å². The maximum atomic E-state index is 10.7. The van der Waals surface area contributed by atoms with E-state index in [9.17, 15) is 10.1 Å². The van der Waals surface area contributed by atoms with Gasteiger partial charge in [-0.15, -0.1) is 24.0 Å². The highest BCUT2D eigenvalue weighted by molar-refractivity contribution is 14.0. The molecule has 1 atom stereocenters. The Labute approximate surface area is 158 Å². The standard InChI is InChI=1S/C16H22N4O3.HI/c21-20(22)14-7-3-12(4-8-14)10-17-16(19-13-5-6-13)18-11-15-2-1-9-23-15;/h3-4,7-8,13,15H,1-2,5-6,9-11H2,(H2,17,18,19);1H. The average molecular weight is 446 g/mol. The van der Waals surface area contributed by atoms with Crippen molar-refractivity contribution in [2.45, 2.75) is 44.4 Å². The molecule has 1 heterocycles. The van der Waals surface area contributed by atoms with Crippen LogP contribution in [0.3, 0.4) is 0 Å². The summed E-state index contributed by atoms with van der Waals surface area (Å²) < 4.78 is 5.61. The monoisotopic (exact) mass is 446 g/mol. The van der Waals surface area contributed by atoms with Crippen molar-refractivity contribution in [3.05, 3.63) is 39.9 Å². The summed E-state index contributed by atoms with van der Waals surface area (Å²) in [6.45, 7) is 2.10. The summed E-state index contributed by atoms with van der Waals surface area (Å²) in [6, 6.07) is 7.03. The van der Waals surface area contributed by atoms with Gasteiger partial charge in [0.05, 0.1) is 17.6 Å². The Kier molecular flexibility index (Phi) is 7.22. The molecular weight excluding hydrogens is 423 g/mol. The molecule has 2 aliphatic rings. The number of nitrogens with one attached hydrogen (secondary N) is 2. The number of hydrogen-bond acceptors (Lipinski definition) is 4. The predicted molar refractivity (Wildman–Crippen MR) is 103 cm³/mol. The number of nitrogens with zero attached hydrogens (tertiary/aromatic N) is 2. The Hall–Kier alpha value is -1.42. The lowest BCUT2D eigenvalue weighted by atomic mass is 10.2. The highest BCUT2D eigenvalue weighted by Crippen LogP contribution is 2.18. The van der Waals surface area contributed by atoms with E-state index >= 15 is 0 Å². The second-order valence-corrected chi connectivity index (χ2v) is 6.02. The molecule has 1 aliphatic carbocycles. The zero-order valence-electron chi connectivity index (χ0n) is 13.4. The molecule has 132 valence electrons. The third-order valence-electron chi connectivity index (χ3n) is 4.01. The van der Waals surface area contributed by atoms with Gasteiger partial charge >= 0.3 is 0 Å². The fraction of sp³-hybridized carbons (Fsp3) is 0.562. The highest BCUT2D eigenvalue weighted by Gasteiger charge is 2.23. The van der Waals surface area contributed by atoms with Crippen molar-refractivity contribution in [3.63, 3.8) is 0 Å². The molecule has 3 rings (SSSR count). The Bertz CT molecular complexity index is 569. The number of ether oxygens (including phenoxy) is 1. The molecule has 24 heavy (non-hydrogen) atoms. The second kappa shape index (κ2) is 9.16. The first kappa shape index (κ1) is 18.9. The van der Waals surface area contributed by atoms with E-state index < -0.39 is 4.92 Å². The number of rotatable bonds is 6. The SMILES string of the molecule is I.O=[N+]([O-])c1ccc(CN=C(NCC2CCCO2)NC2CC2)cc1. The zero-order chi connectivity index (χ0) is 16.1. The number of aliphatic imine (C=N–C) groups is 1. The Morgan fingerprint density at radius 2 is 2.04 bits per heavy atom. The van der Waals surface area contributed by atoms with E-state index in [-0.39, 0.29) is 35.8 Å². The molecule has 0 radical (unpaired) electrons. The fourth-order valence-corrected chi connectivity index (χ4v) is 2.48. The molecule has 0 bridgehead atoms. The summed E-state index contributed by atoms with van der Waals surface area (Å²) in [6.07, 6.45) is 4.83. The van der Waals surface area contributed by atoms with Gasteiger partial charge in [0.25, 0.3) is 5.69 Å². The summed E-state index contributed by atoms with van der Waals surface area (Å²) >= 11 is 0. The predicted octanol–water partition coefficient (Wildman–Crippen LogP) is 2.59. The van der Waals surface area contributed by atoms with Crippen molar-refractivity contribution in [2.75, 3.05) is 13.2 Å². The van der Waals surface area contributed by atoms with E-state index in [4.69, 9.17) is 4.74 Å². The highest BCUT2D eigenvalue weighted by atomic mass is 127. The Morgan fingerprint density at radius 1 is 1.29 bits per heavy atom. The van der Waals surface area contributed by atoms with Crippen LogP contribution in [0.4, 0.5) is 5.69 Å². The van der Waals surface area contributed by atoms with Crippen LogP contribution in [0.5, 0.6) is 0 Å². The summed E-state index contributed by atoms with van der Waals surface area (Å²) in [5, 5.41) is 17.4. The van der Waals surface area contributed by atoms with Crippen molar-refractivity contribution in [2.24, 2.45) is 4.99 Å². The third-order valence-corrected chi connectivity index (χ3v) is 4.01. The summed E-state index contributed by atoms with van der Waals surface area (Å²) in [4.78, 5) is 14.8. The molecular formula is C16H23IN4O3. The van der Waals surface area contributed by atoms with Crippen molar-refractivity contribution in [1.29, 1.82) is 0 Å². The van der Waals surface area contributed by atoms with Gasteiger partial charge in [0, 0.05) is 31.3 Å². The molecule has 2 fully saturated rings. The van der Waals surface area contributed by atoms with E-state index in [1.807, 2.05) is 0 Å². The van der Waals surface area contributed by atoms with Crippen LogP contribution in [0.2, 0.25) is 0 Å². The van der Waals surface area contributed by atoms with Gasteiger partial charge in [-0.2, -0.15) is 0 Å². The number of benzene rings is 1. The fourth-order valence-electron chi connectivity index (χ4n) is 2.48. The lowest BCUT2D eigenvalue weighted by Crippen LogP contribution is -2.42. The van der Waals surface area contributed by atoms with Gasteiger partial charge in [-0.05, 0) is 31.2 Å². The lowest BCUT2D eigenvalue weighted by Gasteiger charge is -2.15. The van der Waals surface area contributed by atoms with E-state index in [1.165, 1.54) is 25.0 Å². The topological polar surface area (TPSA) is 88.8 Å². The number of halogens is 1. The molecule has 1 aliphatic heterocycles. The van der Waals surface area contributed by atoms with E-state index in [0.29, 0.717) is 12.6 Å². The normalized spacial score (nSPS) is 20.3. The minimum Gasteiger partial charge on any atom is -0.376 e. The lowest BCUT2D eigenvalue weighted by molar-refractivity contribution is -0.384. The van der Waals surface area contributed by atoms with Gasteiger partial charge in [0.15, 0.2) is 5.96 Å². The largest absolute Gasteiger partial charge is 0.376 e. The zero-order valence-corrected chi connectivity index (χ0v) is 15.8. The Morgan fingerprint density at radius 3 is 2.62 bits per heavy atom.